The van der Waals surface area contributed by atoms with E-state index in [2.05, 4.69) is 10.1 Å². The molecule has 0 unspecified atom stereocenters. The van der Waals surface area contributed by atoms with E-state index in [9.17, 15) is 18.4 Å². The number of carbonyl (C=O) groups is 2. The van der Waals surface area contributed by atoms with Gasteiger partial charge in [-0.15, -0.1) is 0 Å². The molecule has 154 valence electrons. The number of halogens is 2. The summed E-state index contributed by atoms with van der Waals surface area (Å²) in [5.41, 5.74) is 0.734. The van der Waals surface area contributed by atoms with E-state index in [0.717, 1.165) is 5.69 Å². The summed E-state index contributed by atoms with van der Waals surface area (Å²) in [7, 11) is 1.32. The zero-order valence-corrected chi connectivity index (χ0v) is 15.9. The highest BCUT2D eigenvalue weighted by Gasteiger charge is 2.30. The number of ether oxygens (including phenoxy) is 2. The van der Waals surface area contributed by atoms with Crippen molar-refractivity contribution in [3.05, 3.63) is 54.1 Å². The molecular weight excluding hydrogens is 382 g/mol. The molecule has 1 saturated heterocycles. The molecule has 0 spiro atoms. The predicted octanol–water partition coefficient (Wildman–Crippen LogP) is 3.79. The molecular formula is C21H22F2N2O4. The minimum Gasteiger partial charge on any atom is -0.493 e. The van der Waals surface area contributed by atoms with Gasteiger partial charge in [-0.05, 0) is 37.1 Å². The fourth-order valence-corrected chi connectivity index (χ4v) is 3.34. The summed E-state index contributed by atoms with van der Waals surface area (Å²) in [5, 5.41) is 2.87. The van der Waals surface area contributed by atoms with E-state index in [4.69, 9.17) is 4.74 Å². The van der Waals surface area contributed by atoms with Gasteiger partial charge in [0.25, 0.3) is 5.91 Å². The summed E-state index contributed by atoms with van der Waals surface area (Å²) in [6.45, 7) is -2.39. The first-order chi connectivity index (χ1) is 14.0. The Kier molecular flexibility index (Phi) is 6.64. The lowest BCUT2D eigenvalue weighted by atomic mass is 9.95. The fourth-order valence-electron chi connectivity index (χ4n) is 3.34. The van der Waals surface area contributed by atoms with E-state index in [1.54, 1.807) is 11.0 Å². The van der Waals surface area contributed by atoms with Gasteiger partial charge in [-0.3, -0.25) is 9.59 Å². The Morgan fingerprint density at radius 1 is 1.07 bits per heavy atom. The van der Waals surface area contributed by atoms with Crippen molar-refractivity contribution in [3.63, 3.8) is 0 Å². The predicted molar refractivity (Wildman–Crippen MR) is 103 cm³/mol. The first-order valence-corrected chi connectivity index (χ1v) is 9.26. The number of likely N-dealkylation sites (tertiary alicyclic amines) is 1. The molecule has 0 saturated carbocycles. The van der Waals surface area contributed by atoms with Crippen LogP contribution in [-0.2, 0) is 4.79 Å². The number of nitrogens with zero attached hydrogens (tertiary/aromatic N) is 1. The number of hydrogen-bond donors (Lipinski definition) is 1. The first-order valence-electron chi connectivity index (χ1n) is 9.26. The molecule has 8 heteroatoms. The topological polar surface area (TPSA) is 67.9 Å². The molecule has 1 N–H and O–H groups in total. The molecule has 0 aliphatic carbocycles. The maximum atomic E-state index is 12.9. The van der Waals surface area contributed by atoms with Gasteiger partial charge in [0.05, 0.1) is 12.7 Å². The number of methoxy groups -OCH3 is 1. The third-order valence-electron chi connectivity index (χ3n) is 4.83. The molecule has 1 heterocycles. The van der Waals surface area contributed by atoms with E-state index < -0.39 is 12.5 Å². The Balaban J connectivity index is 1.65. The zero-order chi connectivity index (χ0) is 20.8. The monoisotopic (exact) mass is 404 g/mol. The standard InChI is InChI=1S/C21H22F2N2O4/c1-28-17-9-5-8-16(18(17)29-21(22)23)20(27)25-12-10-14(11-13-25)19(26)24-15-6-3-2-4-7-15/h2-9,14,21H,10-13H2,1H3,(H,24,26). The van der Waals surface area contributed by atoms with Crippen LogP contribution in [0.3, 0.4) is 0 Å². The molecule has 2 amide bonds. The summed E-state index contributed by atoms with van der Waals surface area (Å²) < 4.78 is 35.2. The third kappa shape index (κ3) is 5.01. The van der Waals surface area contributed by atoms with Gasteiger partial charge in [-0.1, -0.05) is 24.3 Å². The molecule has 6 nitrogen and oxygen atoms in total. The van der Waals surface area contributed by atoms with Crippen LogP contribution in [0.4, 0.5) is 14.5 Å². The molecule has 2 aromatic rings. The second-order valence-corrected chi connectivity index (χ2v) is 6.64. The second-order valence-electron chi connectivity index (χ2n) is 6.64. The largest absolute Gasteiger partial charge is 0.493 e. The summed E-state index contributed by atoms with van der Waals surface area (Å²) in [5.74, 6) is -0.957. The van der Waals surface area contributed by atoms with Gasteiger partial charge in [0.1, 0.15) is 0 Å². The zero-order valence-electron chi connectivity index (χ0n) is 15.9. The molecule has 1 aliphatic rings. The van der Waals surface area contributed by atoms with Crippen LogP contribution in [0.1, 0.15) is 23.2 Å². The van der Waals surface area contributed by atoms with E-state index in [1.165, 1.54) is 19.2 Å². The second kappa shape index (κ2) is 9.36. The van der Waals surface area contributed by atoms with Gasteiger partial charge in [0.2, 0.25) is 5.91 Å². The third-order valence-corrected chi connectivity index (χ3v) is 4.83. The molecule has 0 atom stereocenters. The highest BCUT2D eigenvalue weighted by Crippen LogP contribution is 2.34. The molecule has 3 rings (SSSR count). The number of amides is 2. The van der Waals surface area contributed by atoms with Crippen molar-refractivity contribution in [1.82, 2.24) is 4.90 Å². The lowest BCUT2D eigenvalue weighted by molar-refractivity contribution is -0.121. The molecule has 0 bridgehead atoms. The molecule has 0 aromatic heterocycles. The normalized spacial score (nSPS) is 14.6. The average molecular weight is 404 g/mol. The Morgan fingerprint density at radius 2 is 1.76 bits per heavy atom. The van der Waals surface area contributed by atoms with E-state index in [1.807, 2.05) is 30.3 Å². The number of nitrogens with one attached hydrogen (secondary N) is 1. The van der Waals surface area contributed by atoms with Crippen molar-refractivity contribution in [2.45, 2.75) is 19.5 Å². The van der Waals surface area contributed by atoms with Crippen LogP contribution < -0.4 is 14.8 Å². The Labute approximate surface area is 167 Å². The maximum Gasteiger partial charge on any atom is 0.387 e. The number of piperidine rings is 1. The van der Waals surface area contributed by atoms with Gasteiger partial charge in [-0.25, -0.2) is 0 Å². The number of anilines is 1. The van der Waals surface area contributed by atoms with Crippen LogP contribution in [0.15, 0.2) is 48.5 Å². The Hall–Kier alpha value is -3.16. The minimum absolute atomic E-state index is 0.0110. The molecule has 0 radical (unpaired) electrons. The van der Waals surface area contributed by atoms with Crippen molar-refractivity contribution in [2.24, 2.45) is 5.92 Å². The highest BCUT2D eigenvalue weighted by molar-refractivity contribution is 5.98. The SMILES string of the molecule is COc1cccc(C(=O)N2CCC(C(=O)Nc3ccccc3)CC2)c1OC(F)F. The van der Waals surface area contributed by atoms with Crippen molar-refractivity contribution >= 4 is 17.5 Å². The van der Waals surface area contributed by atoms with Crippen molar-refractivity contribution in [2.75, 3.05) is 25.5 Å². The first kappa shape index (κ1) is 20.6. The van der Waals surface area contributed by atoms with Crippen molar-refractivity contribution < 1.29 is 27.8 Å². The Bertz CT molecular complexity index is 853. The summed E-state index contributed by atoms with van der Waals surface area (Å²) in [4.78, 5) is 26.9. The van der Waals surface area contributed by atoms with Gasteiger partial charge in [-0.2, -0.15) is 8.78 Å². The van der Waals surface area contributed by atoms with Gasteiger partial charge >= 0.3 is 6.61 Å². The van der Waals surface area contributed by atoms with Crippen LogP contribution in [0.25, 0.3) is 0 Å². The van der Waals surface area contributed by atoms with Crippen LogP contribution in [0.2, 0.25) is 0 Å². The van der Waals surface area contributed by atoms with Crippen LogP contribution in [0.5, 0.6) is 11.5 Å². The Morgan fingerprint density at radius 3 is 2.38 bits per heavy atom. The number of alkyl halides is 2. The van der Waals surface area contributed by atoms with Crippen LogP contribution in [0, 0.1) is 5.92 Å². The maximum absolute atomic E-state index is 12.9. The fraction of sp³-hybridized carbons (Fsp3) is 0.333. The van der Waals surface area contributed by atoms with Crippen LogP contribution >= 0.6 is 0 Å². The van der Waals surface area contributed by atoms with Gasteiger partial charge in [0, 0.05) is 24.7 Å². The average Bonchev–Trinajstić information content (AvgIpc) is 2.74. The summed E-state index contributed by atoms with van der Waals surface area (Å²) >= 11 is 0. The molecule has 1 aliphatic heterocycles. The summed E-state index contributed by atoms with van der Waals surface area (Å²) in [6, 6.07) is 13.6. The number of hydrogen-bond acceptors (Lipinski definition) is 4. The number of carbonyl (C=O) groups excluding carboxylic acids is 2. The lowest BCUT2D eigenvalue weighted by Gasteiger charge is -2.31. The number of rotatable bonds is 6. The van der Waals surface area contributed by atoms with E-state index >= 15 is 0 Å². The van der Waals surface area contributed by atoms with Gasteiger partial charge in [0.15, 0.2) is 11.5 Å². The molecule has 2 aromatic carbocycles. The van der Waals surface area contributed by atoms with E-state index in [-0.39, 0.29) is 28.9 Å². The van der Waals surface area contributed by atoms with E-state index in [0.29, 0.717) is 25.9 Å². The minimum atomic E-state index is -3.08. The number of para-hydroxylation sites is 2. The molecule has 1 fully saturated rings. The number of benzene rings is 2. The quantitative estimate of drug-likeness (QED) is 0.796. The van der Waals surface area contributed by atoms with Gasteiger partial charge < -0.3 is 19.7 Å². The van der Waals surface area contributed by atoms with Crippen molar-refractivity contribution in [3.8, 4) is 11.5 Å². The molecule has 29 heavy (non-hydrogen) atoms. The van der Waals surface area contributed by atoms with Crippen molar-refractivity contribution in [1.29, 1.82) is 0 Å². The lowest BCUT2D eigenvalue weighted by Crippen LogP contribution is -2.41. The van der Waals surface area contributed by atoms with Crippen LogP contribution in [-0.4, -0.2) is 43.5 Å². The summed E-state index contributed by atoms with van der Waals surface area (Å²) in [6.07, 6.45) is 0.971. The smallest absolute Gasteiger partial charge is 0.387 e. The highest BCUT2D eigenvalue weighted by atomic mass is 19.3.